The Labute approximate surface area is 303 Å². The number of rotatable bonds is 6. The van der Waals surface area contributed by atoms with Crippen molar-refractivity contribution in [2.24, 2.45) is 0 Å². The molecule has 0 N–H and O–H groups in total. The third-order valence-corrected chi connectivity index (χ3v) is 11.0. The average molecular weight is 1040 g/mol. The van der Waals surface area contributed by atoms with E-state index >= 15 is 0 Å². The van der Waals surface area contributed by atoms with Crippen LogP contribution in [0.25, 0.3) is 0 Å². The van der Waals surface area contributed by atoms with Gasteiger partial charge in [-0.15, -0.1) is 0 Å². The van der Waals surface area contributed by atoms with Crippen LogP contribution in [0.4, 0.5) is 17.3 Å². The Morgan fingerprint density at radius 2 is 0.435 bits per heavy atom. The van der Waals surface area contributed by atoms with Gasteiger partial charge in [-0.05, 0) is 47.7 Å². The van der Waals surface area contributed by atoms with Gasteiger partial charge in [0, 0.05) is 0 Å². The monoisotopic (exact) mass is 1040 g/mol. The SMILES string of the molecule is F[B-](F)(F)F.[Au+].[Cl][Au].c1ccc(P(c2ccccc2)c2ccccc2)cc1.c1ccc(P(c2ccccc2)c2ccccc2)cc1. The fourth-order valence-electron chi connectivity index (χ4n) is 4.36. The molecular weight excluding hydrogens is 1010 g/mol. The molecule has 46 heavy (non-hydrogen) atoms. The minimum absolute atomic E-state index is 0. The molecule has 0 heterocycles. The molecule has 0 unspecified atom stereocenters. The van der Waals surface area contributed by atoms with Crippen molar-refractivity contribution in [1.82, 2.24) is 0 Å². The molecule has 0 aliphatic rings. The largest absolute Gasteiger partial charge is 0.0622 e. The van der Waals surface area contributed by atoms with Gasteiger partial charge in [0.1, 0.15) is 0 Å². The molecule has 0 nitrogen and oxygen atoms in total. The van der Waals surface area contributed by atoms with E-state index < -0.39 is 23.1 Å². The molecule has 6 aromatic carbocycles. The molecule has 6 aromatic rings. The average Bonchev–Trinajstić information content (AvgIpc) is 3.09. The van der Waals surface area contributed by atoms with Gasteiger partial charge in [-0.1, -0.05) is 182 Å². The molecule has 0 saturated carbocycles. The van der Waals surface area contributed by atoms with Gasteiger partial charge < -0.3 is 17.3 Å². The van der Waals surface area contributed by atoms with Gasteiger partial charge in [0.05, 0.1) is 0 Å². The van der Waals surface area contributed by atoms with E-state index in [1.54, 1.807) is 20.0 Å². The molecule has 0 aliphatic heterocycles. The maximum absolute atomic E-state index is 9.75. The Morgan fingerprint density at radius 3 is 0.543 bits per heavy atom. The number of halogens is 5. The second-order valence-corrected chi connectivity index (χ2v) is 13.6. The van der Waals surface area contributed by atoms with Gasteiger partial charge in [-0.25, -0.2) is 0 Å². The molecule has 0 aliphatic carbocycles. The zero-order valence-corrected chi connectivity index (χ0v) is 31.2. The maximum atomic E-state index is 9.75. The van der Waals surface area contributed by atoms with Gasteiger partial charge in [0.2, 0.25) is 0 Å². The third kappa shape index (κ3) is 14.2. The molecule has 0 saturated heterocycles. The molecule has 0 spiro atoms. The molecule has 0 atom stereocenters. The van der Waals surface area contributed by atoms with Crippen molar-refractivity contribution < 1.29 is 59.6 Å². The van der Waals surface area contributed by atoms with E-state index in [1.165, 1.54) is 31.8 Å². The summed E-state index contributed by atoms with van der Waals surface area (Å²) in [7, 11) is -2.31. The zero-order chi connectivity index (χ0) is 32.3. The van der Waals surface area contributed by atoms with Crippen LogP contribution < -0.4 is 31.8 Å². The van der Waals surface area contributed by atoms with Crippen LogP contribution in [0.3, 0.4) is 0 Å². The molecule has 10 heteroatoms. The predicted molar refractivity (Wildman–Crippen MR) is 186 cm³/mol. The molecule has 0 radical (unpaired) electrons. The summed E-state index contributed by atoms with van der Waals surface area (Å²) < 4.78 is 39.0. The van der Waals surface area contributed by atoms with E-state index in [9.17, 15) is 17.3 Å². The normalized spacial score (nSPS) is 10.2. The first-order chi connectivity index (χ1) is 21.9. The number of benzene rings is 6. The first-order valence-corrected chi connectivity index (χ1v) is 19.2. The van der Waals surface area contributed by atoms with E-state index in [0.717, 1.165) is 0 Å². The van der Waals surface area contributed by atoms with E-state index in [-0.39, 0.29) is 22.4 Å². The standard InChI is InChI=1S/2C18H15P.2Au.BF4.ClH/c2*1-4-10-16(11-5-1)19(17-12-6-2-7-13-17)18-14-8-3-9-15-18;;;2-1(3,4)5;/h2*1-15H;;;;1H/q;;2*+1;-1;/p-1. The molecule has 0 bridgehead atoms. The molecular formula is C36H30Au2BClF4P2. The Hall–Kier alpha value is -2.26. The summed E-state index contributed by atoms with van der Waals surface area (Å²) in [4.78, 5) is 0. The van der Waals surface area contributed by atoms with Crippen molar-refractivity contribution in [2.75, 3.05) is 0 Å². The molecule has 0 amide bonds. The molecule has 244 valence electrons. The summed E-state index contributed by atoms with van der Waals surface area (Å²) in [5.41, 5.74) is 0. The summed E-state index contributed by atoms with van der Waals surface area (Å²) in [5, 5.41) is 8.39. The van der Waals surface area contributed by atoms with Crippen molar-refractivity contribution >= 4 is 64.1 Å². The van der Waals surface area contributed by atoms with Crippen molar-refractivity contribution in [2.45, 2.75) is 0 Å². The fraction of sp³-hybridized carbons (Fsp3) is 0. The fourth-order valence-corrected chi connectivity index (χ4v) is 8.97. The minimum Gasteiger partial charge on any atom is -0.0622 e. The summed E-state index contributed by atoms with van der Waals surface area (Å²) in [6.45, 7) is 0. The second-order valence-electron chi connectivity index (χ2n) is 9.18. The van der Waals surface area contributed by atoms with Gasteiger partial charge in [-0.3, -0.25) is 0 Å². The summed E-state index contributed by atoms with van der Waals surface area (Å²) in [5.74, 6) is 0. The first-order valence-electron chi connectivity index (χ1n) is 13.8. The Morgan fingerprint density at radius 1 is 0.326 bits per heavy atom. The Bertz CT molecular complexity index is 1300. The van der Waals surface area contributed by atoms with Crippen molar-refractivity contribution in [3.05, 3.63) is 182 Å². The number of hydrogen-bond acceptors (Lipinski definition) is 0. The number of hydrogen-bond donors (Lipinski definition) is 0. The quantitative estimate of drug-likeness (QED) is 0.0890. The predicted octanol–water partition coefficient (Wildman–Crippen LogP) is 8.87. The molecule has 6 rings (SSSR count). The first kappa shape index (κ1) is 39.9. The van der Waals surface area contributed by atoms with Crippen LogP contribution in [0.5, 0.6) is 0 Å². The van der Waals surface area contributed by atoms with Gasteiger partial charge in [0.25, 0.3) is 0 Å². The summed E-state index contributed by atoms with van der Waals surface area (Å²) in [6.07, 6.45) is 0. The van der Waals surface area contributed by atoms with Crippen LogP contribution >= 0.6 is 25.0 Å². The Kier molecular flexibility index (Phi) is 19.4. The third-order valence-electron chi connectivity index (χ3n) is 6.09. The van der Waals surface area contributed by atoms with Crippen molar-refractivity contribution in [3.8, 4) is 0 Å². The van der Waals surface area contributed by atoms with E-state index in [1.807, 2.05) is 0 Å². The van der Waals surface area contributed by atoms with Crippen LogP contribution in [0.15, 0.2) is 182 Å². The minimum atomic E-state index is -6.00. The van der Waals surface area contributed by atoms with Gasteiger partial charge in [0.15, 0.2) is 0 Å². The van der Waals surface area contributed by atoms with E-state index in [4.69, 9.17) is 0 Å². The van der Waals surface area contributed by atoms with Crippen LogP contribution in [0.1, 0.15) is 0 Å². The second kappa shape index (κ2) is 22.3. The molecule has 0 aromatic heterocycles. The summed E-state index contributed by atoms with van der Waals surface area (Å²) >= 11 is 1.75. The molecule has 0 fully saturated rings. The van der Waals surface area contributed by atoms with Crippen molar-refractivity contribution in [1.29, 1.82) is 0 Å². The maximum Gasteiger partial charge on any atom is -0.0134 e. The van der Waals surface area contributed by atoms with Crippen LogP contribution in [-0.4, -0.2) is 7.25 Å². The van der Waals surface area contributed by atoms with E-state index in [2.05, 4.69) is 191 Å². The van der Waals surface area contributed by atoms with Gasteiger partial charge in [-0.2, -0.15) is 0 Å². The van der Waals surface area contributed by atoms with Crippen LogP contribution in [0.2, 0.25) is 0 Å². The smallest absolute Gasteiger partial charge is 0.0134 e. The Balaban J connectivity index is 0.000000263. The van der Waals surface area contributed by atoms with Crippen molar-refractivity contribution in [3.63, 3.8) is 0 Å². The zero-order valence-electron chi connectivity index (χ0n) is 24.3. The van der Waals surface area contributed by atoms with Crippen LogP contribution in [-0.2, 0) is 42.4 Å². The summed E-state index contributed by atoms with van der Waals surface area (Å²) in [6, 6.07) is 64.7. The van der Waals surface area contributed by atoms with E-state index in [0.29, 0.717) is 0 Å². The topological polar surface area (TPSA) is 0 Å². The van der Waals surface area contributed by atoms with Gasteiger partial charge >= 0.3 is 58.8 Å². The van der Waals surface area contributed by atoms with Crippen LogP contribution in [0, 0.1) is 0 Å².